The second-order valence-corrected chi connectivity index (χ2v) is 7.48. The predicted octanol–water partition coefficient (Wildman–Crippen LogP) is 5.89. The van der Waals surface area contributed by atoms with Crippen LogP contribution in [0, 0.1) is 11.6 Å². The molecule has 1 heterocycles. The van der Waals surface area contributed by atoms with Crippen molar-refractivity contribution < 1.29 is 13.6 Å². The zero-order chi connectivity index (χ0) is 21.5. The number of nitrogens with two attached hydrogens (primary N) is 1. The Morgan fingerprint density at radius 1 is 0.806 bits per heavy atom. The van der Waals surface area contributed by atoms with Gasteiger partial charge in [-0.05, 0) is 47.5 Å². The summed E-state index contributed by atoms with van der Waals surface area (Å²) in [6.07, 6.45) is 0. The van der Waals surface area contributed by atoms with Gasteiger partial charge in [0.05, 0.1) is 17.6 Å². The Morgan fingerprint density at radius 3 is 2.39 bits per heavy atom. The van der Waals surface area contributed by atoms with E-state index < -0.39 is 17.5 Å². The molecule has 0 saturated carbocycles. The monoisotopic (exact) mass is 412 g/mol. The summed E-state index contributed by atoms with van der Waals surface area (Å²) in [7, 11) is 0. The highest BCUT2D eigenvalue weighted by Crippen LogP contribution is 2.35. The van der Waals surface area contributed by atoms with Crippen LogP contribution in [0.25, 0.3) is 32.9 Å². The first-order chi connectivity index (χ1) is 15.0. The molecule has 0 aliphatic heterocycles. The standard InChI is InChI=1S/C26H18F2N2O/c27-19-10-12-22(28)18(13-19)15-30-23-8-4-7-21(26(29)31)25(23)20-11-9-17(14-24(20)30)16-5-2-1-3-6-16/h1-14H,15H2,(H2,29,31). The highest BCUT2D eigenvalue weighted by Gasteiger charge is 2.18. The van der Waals surface area contributed by atoms with Gasteiger partial charge in [-0.15, -0.1) is 0 Å². The Morgan fingerprint density at radius 2 is 1.61 bits per heavy atom. The molecule has 0 spiro atoms. The molecule has 152 valence electrons. The fourth-order valence-electron chi connectivity index (χ4n) is 4.16. The van der Waals surface area contributed by atoms with Crippen molar-refractivity contribution in [3.63, 3.8) is 0 Å². The highest BCUT2D eigenvalue weighted by molar-refractivity contribution is 6.18. The molecule has 5 heteroatoms. The normalized spacial score (nSPS) is 11.3. The molecule has 0 fully saturated rings. The summed E-state index contributed by atoms with van der Waals surface area (Å²) in [4.78, 5) is 12.1. The van der Waals surface area contributed by atoms with Crippen LogP contribution in [0.3, 0.4) is 0 Å². The first-order valence-electron chi connectivity index (χ1n) is 9.87. The number of primary amides is 1. The molecule has 0 saturated heterocycles. The van der Waals surface area contributed by atoms with E-state index in [1.54, 1.807) is 12.1 Å². The van der Waals surface area contributed by atoms with E-state index in [2.05, 4.69) is 0 Å². The maximum Gasteiger partial charge on any atom is 0.249 e. The summed E-state index contributed by atoms with van der Waals surface area (Å²) in [5.74, 6) is -1.52. The quantitative estimate of drug-likeness (QED) is 0.393. The van der Waals surface area contributed by atoms with Crippen molar-refractivity contribution in [1.82, 2.24) is 4.57 Å². The summed E-state index contributed by atoms with van der Waals surface area (Å²) >= 11 is 0. The van der Waals surface area contributed by atoms with Crippen LogP contribution in [0.15, 0.2) is 84.9 Å². The number of amides is 1. The summed E-state index contributed by atoms with van der Waals surface area (Å²) in [5.41, 5.74) is 9.84. The maximum atomic E-state index is 14.5. The molecule has 1 aromatic heterocycles. The van der Waals surface area contributed by atoms with Gasteiger partial charge < -0.3 is 10.3 Å². The number of hydrogen-bond acceptors (Lipinski definition) is 1. The third-order valence-electron chi connectivity index (χ3n) is 5.60. The van der Waals surface area contributed by atoms with Gasteiger partial charge in [0.25, 0.3) is 0 Å². The van der Waals surface area contributed by atoms with Gasteiger partial charge in [0, 0.05) is 21.9 Å². The average molecular weight is 412 g/mol. The molecule has 2 N–H and O–H groups in total. The minimum absolute atomic E-state index is 0.115. The van der Waals surface area contributed by atoms with Crippen molar-refractivity contribution in [3.8, 4) is 11.1 Å². The van der Waals surface area contributed by atoms with Gasteiger partial charge in [0.2, 0.25) is 5.91 Å². The third-order valence-corrected chi connectivity index (χ3v) is 5.60. The Hall–Kier alpha value is -3.99. The Kier molecular flexibility index (Phi) is 4.51. The molecule has 0 bridgehead atoms. The fourth-order valence-corrected chi connectivity index (χ4v) is 4.16. The van der Waals surface area contributed by atoms with Crippen molar-refractivity contribution in [3.05, 3.63) is 108 Å². The zero-order valence-electron chi connectivity index (χ0n) is 16.5. The molecule has 0 atom stereocenters. The zero-order valence-corrected chi connectivity index (χ0v) is 16.5. The van der Waals surface area contributed by atoms with Crippen LogP contribution in [0.5, 0.6) is 0 Å². The molecule has 0 aliphatic rings. The molecule has 31 heavy (non-hydrogen) atoms. The van der Waals surface area contributed by atoms with Crippen LogP contribution in [-0.2, 0) is 6.54 Å². The number of rotatable bonds is 4. The smallest absolute Gasteiger partial charge is 0.249 e. The van der Waals surface area contributed by atoms with Gasteiger partial charge in [-0.25, -0.2) is 8.78 Å². The van der Waals surface area contributed by atoms with Crippen LogP contribution < -0.4 is 5.73 Å². The second kappa shape index (κ2) is 7.36. The lowest BCUT2D eigenvalue weighted by Crippen LogP contribution is -2.11. The van der Waals surface area contributed by atoms with E-state index in [-0.39, 0.29) is 12.1 Å². The van der Waals surface area contributed by atoms with Crippen molar-refractivity contribution in [1.29, 1.82) is 0 Å². The van der Waals surface area contributed by atoms with Gasteiger partial charge in [-0.2, -0.15) is 0 Å². The number of halogens is 2. The maximum absolute atomic E-state index is 14.5. The average Bonchev–Trinajstić information content (AvgIpc) is 3.10. The number of benzene rings is 4. The number of hydrogen-bond donors (Lipinski definition) is 1. The predicted molar refractivity (Wildman–Crippen MR) is 119 cm³/mol. The van der Waals surface area contributed by atoms with Crippen molar-refractivity contribution >= 4 is 27.7 Å². The molecule has 5 aromatic rings. The van der Waals surface area contributed by atoms with Gasteiger partial charge in [0.1, 0.15) is 11.6 Å². The van der Waals surface area contributed by atoms with Crippen molar-refractivity contribution in [2.75, 3.05) is 0 Å². The van der Waals surface area contributed by atoms with Gasteiger partial charge in [0.15, 0.2) is 0 Å². The van der Waals surface area contributed by atoms with E-state index in [0.717, 1.165) is 39.7 Å². The number of nitrogens with zero attached hydrogens (tertiary/aromatic N) is 1. The summed E-state index contributed by atoms with van der Waals surface area (Å²) in [6.45, 7) is 0.115. The second-order valence-electron chi connectivity index (χ2n) is 7.48. The van der Waals surface area contributed by atoms with Gasteiger partial charge in [-0.3, -0.25) is 4.79 Å². The molecule has 0 radical (unpaired) electrons. The molecular formula is C26H18F2N2O. The molecule has 0 unspecified atom stereocenters. The molecule has 4 aromatic carbocycles. The Balaban J connectivity index is 1.82. The lowest BCUT2D eigenvalue weighted by molar-refractivity contribution is 0.100. The minimum atomic E-state index is -0.534. The number of carbonyl (C=O) groups excluding carboxylic acids is 1. The van der Waals surface area contributed by atoms with Crippen LogP contribution in [0.2, 0.25) is 0 Å². The van der Waals surface area contributed by atoms with E-state index in [0.29, 0.717) is 10.9 Å². The lowest BCUT2D eigenvalue weighted by atomic mass is 10.0. The van der Waals surface area contributed by atoms with Crippen LogP contribution >= 0.6 is 0 Å². The van der Waals surface area contributed by atoms with Crippen LogP contribution in [0.1, 0.15) is 15.9 Å². The van der Waals surface area contributed by atoms with E-state index in [1.165, 1.54) is 6.07 Å². The fraction of sp³-hybridized carbons (Fsp3) is 0.0385. The van der Waals surface area contributed by atoms with Crippen LogP contribution in [0.4, 0.5) is 8.78 Å². The topological polar surface area (TPSA) is 48.0 Å². The number of aromatic nitrogens is 1. The Bertz CT molecular complexity index is 1460. The Labute approximate surface area is 177 Å². The molecule has 3 nitrogen and oxygen atoms in total. The van der Waals surface area contributed by atoms with E-state index in [4.69, 9.17) is 5.73 Å². The summed E-state index contributed by atoms with van der Waals surface area (Å²) in [6, 6.07) is 24.6. The molecule has 5 rings (SSSR count). The third kappa shape index (κ3) is 3.24. The van der Waals surface area contributed by atoms with Crippen molar-refractivity contribution in [2.45, 2.75) is 6.54 Å². The number of carbonyl (C=O) groups is 1. The molecule has 1 amide bonds. The molecule has 0 aliphatic carbocycles. The summed E-state index contributed by atoms with van der Waals surface area (Å²) < 4.78 is 30.2. The first-order valence-corrected chi connectivity index (χ1v) is 9.87. The summed E-state index contributed by atoms with van der Waals surface area (Å²) in [5, 5.41) is 1.54. The van der Waals surface area contributed by atoms with Crippen LogP contribution in [-0.4, -0.2) is 10.5 Å². The lowest BCUT2D eigenvalue weighted by Gasteiger charge is -2.10. The minimum Gasteiger partial charge on any atom is -0.366 e. The first kappa shape index (κ1) is 19.0. The van der Waals surface area contributed by atoms with E-state index >= 15 is 0 Å². The largest absolute Gasteiger partial charge is 0.366 e. The molecular weight excluding hydrogens is 394 g/mol. The SMILES string of the molecule is NC(=O)c1cccc2c1c1ccc(-c3ccccc3)cc1n2Cc1cc(F)ccc1F. The van der Waals surface area contributed by atoms with E-state index in [1.807, 2.05) is 59.2 Å². The van der Waals surface area contributed by atoms with E-state index in [9.17, 15) is 13.6 Å². The van der Waals surface area contributed by atoms with Gasteiger partial charge in [-0.1, -0.05) is 48.5 Å². The van der Waals surface area contributed by atoms with Crippen molar-refractivity contribution in [2.24, 2.45) is 5.73 Å². The highest BCUT2D eigenvalue weighted by atomic mass is 19.1. The van der Waals surface area contributed by atoms with Gasteiger partial charge >= 0.3 is 0 Å². The number of fused-ring (bicyclic) bond motifs is 3.